The van der Waals surface area contributed by atoms with Gasteiger partial charge in [0.15, 0.2) is 12.6 Å². The molecule has 0 aromatic heterocycles. The van der Waals surface area contributed by atoms with Gasteiger partial charge in [-0.25, -0.2) is 0 Å². The summed E-state index contributed by atoms with van der Waals surface area (Å²) >= 11 is 5.13. The van der Waals surface area contributed by atoms with E-state index in [1.807, 2.05) is 0 Å². The molecule has 0 aliphatic rings. The summed E-state index contributed by atoms with van der Waals surface area (Å²) < 4.78 is 19.3. The van der Waals surface area contributed by atoms with Gasteiger partial charge in [-0.3, -0.25) is 0 Å². The van der Waals surface area contributed by atoms with Crippen LogP contribution in [0.3, 0.4) is 0 Å². The van der Waals surface area contributed by atoms with Gasteiger partial charge in [0.2, 0.25) is 0 Å². The van der Waals surface area contributed by atoms with Crippen molar-refractivity contribution in [2.24, 2.45) is 47.3 Å². The van der Waals surface area contributed by atoms with Gasteiger partial charge in [0.05, 0.1) is 0 Å². The standard InChI is InChI=1S/C38H76I2O3/c1-27(19-29(3)21-31(5)23-33(7)25-35(9)39)15-13-17-37(41-11)43-38(42-12)18-14-16-28(2)20-30(4)22-32(6)24-34(8)26-36(10)40/h27-38H,13-26H2,1-12H3. The number of alkyl halides is 2. The maximum atomic E-state index is 6.26. The van der Waals surface area contributed by atoms with Crippen LogP contribution in [0.25, 0.3) is 0 Å². The van der Waals surface area contributed by atoms with E-state index in [0.29, 0.717) is 0 Å². The molecule has 0 fully saturated rings. The van der Waals surface area contributed by atoms with Crippen molar-refractivity contribution >= 4 is 45.2 Å². The summed E-state index contributed by atoms with van der Waals surface area (Å²) in [7, 11) is 3.55. The number of hydrogen-bond acceptors (Lipinski definition) is 3. The SMILES string of the molecule is COC(CCCC(C)CC(C)CC(C)CC(C)CC(C)I)OC(CCCC(C)CC(C)CC(C)CC(C)CC(C)I)OC. The van der Waals surface area contributed by atoms with Crippen LogP contribution in [0.4, 0.5) is 0 Å². The minimum atomic E-state index is -0.173. The second kappa shape index (κ2) is 26.3. The van der Waals surface area contributed by atoms with Crippen LogP contribution in [0.5, 0.6) is 0 Å². The molecule has 0 heterocycles. The van der Waals surface area contributed by atoms with Crippen molar-refractivity contribution in [3.05, 3.63) is 0 Å². The van der Waals surface area contributed by atoms with E-state index in [4.69, 9.17) is 14.2 Å². The number of ether oxygens (including phenoxy) is 3. The van der Waals surface area contributed by atoms with Crippen LogP contribution >= 0.6 is 45.2 Å². The molecule has 0 saturated heterocycles. The fourth-order valence-electron chi connectivity index (χ4n) is 7.96. The predicted molar refractivity (Wildman–Crippen MR) is 208 cm³/mol. The van der Waals surface area contributed by atoms with Crippen molar-refractivity contribution < 1.29 is 14.2 Å². The van der Waals surface area contributed by atoms with Gasteiger partial charge < -0.3 is 14.2 Å². The average molecular weight is 835 g/mol. The fraction of sp³-hybridized carbons (Fsp3) is 1.00. The van der Waals surface area contributed by atoms with E-state index < -0.39 is 0 Å². The Kier molecular flexibility index (Phi) is 27.1. The second-order valence-corrected chi connectivity index (χ2v) is 19.9. The molecular weight excluding hydrogens is 758 g/mol. The van der Waals surface area contributed by atoms with Crippen LogP contribution in [0, 0.1) is 47.3 Å². The molecule has 0 spiro atoms. The molecule has 0 bridgehead atoms. The third-order valence-electron chi connectivity index (χ3n) is 9.39. The van der Waals surface area contributed by atoms with Crippen LogP contribution in [-0.2, 0) is 14.2 Å². The monoisotopic (exact) mass is 834 g/mol. The van der Waals surface area contributed by atoms with E-state index in [2.05, 4.69) is 114 Å². The van der Waals surface area contributed by atoms with Crippen molar-refractivity contribution in [1.82, 2.24) is 0 Å². The molecule has 0 rings (SSSR count). The minimum Gasteiger partial charge on any atom is -0.356 e. The first kappa shape index (κ1) is 44.3. The Balaban J connectivity index is 4.28. The van der Waals surface area contributed by atoms with Crippen LogP contribution in [-0.4, -0.2) is 34.6 Å². The zero-order valence-corrected chi connectivity index (χ0v) is 35.1. The molecule has 0 radical (unpaired) electrons. The number of halogens is 2. The van der Waals surface area contributed by atoms with E-state index >= 15 is 0 Å². The molecule has 0 aromatic rings. The van der Waals surface area contributed by atoms with Crippen molar-refractivity contribution in [1.29, 1.82) is 0 Å². The lowest BCUT2D eigenvalue weighted by molar-refractivity contribution is -0.233. The van der Waals surface area contributed by atoms with Crippen LogP contribution in [0.1, 0.15) is 159 Å². The zero-order chi connectivity index (χ0) is 32.9. The molecule has 12 unspecified atom stereocenters. The first-order chi connectivity index (χ1) is 20.1. The van der Waals surface area contributed by atoms with E-state index in [9.17, 15) is 0 Å². The molecule has 5 heteroatoms. The molecule has 0 saturated carbocycles. The molecule has 260 valence electrons. The van der Waals surface area contributed by atoms with Crippen LogP contribution in [0.2, 0.25) is 0 Å². The van der Waals surface area contributed by atoms with Gasteiger partial charge in [-0.2, -0.15) is 0 Å². The normalized spacial score (nSPS) is 20.8. The molecule has 43 heavy (non-hydrogen) atoms. The summed E-state index contributed by atoms with van der Waals surface area (Å²) in [6.07, 6.45) is 17.1. The van der Waals surface area contributed by atoms with Crippen LogP contribution < -0.4 is 0 Å². The molecule has 12 atom stereocenters. The van der Waals surface area contributed by atoms with E-state index in [0.717, 1.165) is 80.9 Å². The lowest BCUT2D eigenvalue weighted by Crippen LogP contribution is -2.25. The summed E-state index contributed by atoms with van der Waals surface area (Å²) in [5.74, 6) is 6.43. The lowest BCUT2D eigenvalue weighted by atomic mass is 9.83. The number of methoxy groups -OCH3 is 2. The Bertz CT molecular complexity index is 578. The Morgan fingerprint density at radius 1 is 0.372 bits per heavy atom. The summed E-state index contributed by atoms with van der Waals surface area (Å²) in [4.78, 5) is 0. The van der Waals surface area contributed by atoms with Crippen molar-refractivity contribution in [2.75, 3.05) is 14.2 Å². The summed E-state index contributed by atoms with van der Waals surface area (Å²) in [5.41, 5.74) is 0. The second-order valence-electron chi connectivity index (χ2n) is 15.6. The van der Waals surface area contributed by atoms with Gasteiger partial charge in [-0.1, -0.05) is 127 Å². The fourth-order valence-corrected chi connectivity index (χ4v) is 9.70. The topological polar surface area (TPSA) is 27.7 Å². The molecule has 0 aliphatic carbocycles. The number of rotatable bonds is 28. The van der Waals surface area contributed by atoms with E-state index in [1.54, 1.807) is 14.2 Å². The van der Waals surface area contributed by atoms with E-state index in [-0.39, 0.29) is 12.6 Å². The predicted octanol–water partition coefficient (Wildman–Crippen LogP) is 13.1. The van der Waals surface area contributed by atoms with Gasteiger partial charge in [-0.05, 0) is 124 Å². The highest BCUT2D eigenvalue weighted by atomic mass is 127. The highest BCUT2D eigenvalue weighted by Gasteiger charge is 2.20. The van der Waals surface area contributed by atoms with Gasteiger partial charge in [-0.15, -0.1) is 0 Å². The third-order valence-corrected chi connectivity index (χ3v) is 10.4. The van der Waals surface area contributed by atoms with Gasteiger partial charge >= 0.3 is 0 Å². The van der Waals surface area contributed by atoms with Gasteiger partial charge in [0.1, 0.15) is 0 Å². The molecule has 3 nitrogen and oxygen atoms in total. The van der Waals surface area contributed by atoms with Gasteiger partial charge in [0.25, 0.3) is 0 Å². The number of hydrogen-bond donors (Lipinski definition) is 0. The smallest absolute Gasteiger partial charge is 0.160 e. The molecule has 0 N–H and O–H groups in total. The molecule has 0 aromatic carbocycles. The Morgan fingerprint density at radius 2 is 0.628 bits per heavy atom. The largest absolute Gasteiger partial charge is 0.356 e. The summed E-state index contributed by atoms with van der Waals surface area (Å²) in [6.45, 7) is 24.2. The van der Waals surface area contributed by atoms with Gasteiger partial charge in [0, 0.05) is 22.1 Å². The summed E-state index contributed by atoms with van der Waals surface area (Å²) in [6, 6.07) is 0. The van der Waals surface area contributed by atoms with Crippen molar-refractivity contribution in [2.45, 2.75) is 180 Å². The van der Waals surface area contributed by atoms with E-state index in [1.165, 1.54) is 64.2 Å². The molecular formula is C38H76I2O3. The third kappa shape index (κ3) is 26.0. The lowest BCUT2D eigenvalue weighted by Gasteiger charge is -2.25. The minimum absolute atomic E-state index is 0.173. The molecule has 0 amide bonds. The van der Waals surface area contributed by atoms with Crippen molar-refractivity contribution in [3.63, 3.8) is 0 Å². The van der Waals surface area contributed by atoms with Crippen molar-refractivity contribution in [3.8, 4) is 0 Å². The highest BCUT2D eigenvalue weighted by Crippen LogP contribution is 2.30. The quantitative estimate of drug-likeness (QED) is 0.0446. The highest BCUT2D eigenvalue weighted by molar-refractivity contribution is 14.1. The Labute approximate surface area is 298 Å². The first-order valence-electron chi connectivity index (χ1n) is 18.1. The molecule has 0 aliphatic heterocycles. The maximum absolute atomic E-state index is 6.26. The average Bonchev–Trinajstić information content (AvgIpc) is 2.85. The summed E-state index contributed by atoms with van der Waals surface area (Å²) in [5, 5.41) is 0. The Hall–Kier alpha value is 1.34. The zero-order valence-electron chi connectivity index (χ0n) is 30.8. The maximum Gasteiger partial charge on any atom is 0.160 e. The Morgan fingerprint density at radius 3 is 0.884 bits per heavy atom. The van der Waals surface area contributed by atoms with Crippen LogP contribution in [0.15, 0.2) is 0 Å². The first-order valence-corrected chi connectivity index (χ1v) is 20.6.